The normalized spacial score (nSPS) is 14.0. The van der Waals surface area contributed by atoms with E-state index in [1.165, 1.54) is 0 Å². The van der Waals surface area contributed by atoms with E-state index in [1.807, 2.05) is 36.4 Å². The number of H-pyrrole nitrogens is 1. The number of aromatic amines is 1. The van der Waals surface area contributed by atoms with Crippen molar-refractivity contribution in [3.63, 3.8) is 0 Å². The van der Waals surface area contributed by atoms with Gasteiger partial charge in [0.25, 0.3) is 0 Å². The summed E-state index contributed by atoms with van der Waals surface area (Å²) >= 11 is 6.04. The first-order valence-corrected chi connectivity index (χ1v) is 7.61. The van der Waals surface area contributed by atoms with Gasteiger partial charge in [-0.2, -0.15) is 0 Å². The second-order valence-electron chi connectivity index (χ2n) is 5.44. The minimum Gasteiger partial charge on any atom is -0.343 e. The van der Waals surface area contributed by atoms with Crippen LogP contribution in [0.5, 0.6) is 0 Å². The molecule has 110 valence electrons. The number of nitrogens with one attached hydrogen (secondary N) is 2. The van der Waals surface area contributed by atoms with Gasteiger partial charge < -0.3 is 10.3 Å². The molecule has 0 unspecified atom stereocenters. The molecule has 22 heavy (non-hydrogen) atoms. The number of aromatic nitrogens is 2. The SMILES string of the molecule is O=c1c2c([nH]c3nc(-c4cccc(Cl)c4)ccc13)CCNC2. The van der Waals surface area contributed by atoms with Gasteiger partial charge >= 0.3 is 0 Å². The summed E-state index contributed by atoms with van der Waals surface area (Å²) in [6.07, 6.45) is 0.823. The molecule has 0 amide bonds. The largest absolute Gasteiger partial charge is 0.343 e. The fourth-order valence-electron chi connectivity index (χ4n) is 2.89. The highest BCUT2D eigenvalue weighted by Gasteiger charge is 2.16. The molecule has 4 nitrogen and oxygen atoms in total. The lowest BCUT2D eigenvalue weighted by Crippen LogP contribution is -2.30. The van der Waals surface area contributed by atoms with Crippen molar-refractivity contribution in [2.75, 3.05) is 6.54 Å². The third kappa shape index (κ3) is 2.21. The van der Waals surface area contributed by atoms with Crippen molar-refractivity contribution in [1.82, 2.24) is 15.3 Å². The van der Waals surface area contributed by atoms with Crippen LogP contribution in [0.4, 0.5) is 0 Å². The summed E-state index contributed by atoms with van der Waals surface area (Å²) in [6, 6.07) is 11.3. The highest BCUT2D eigenvalue weighted by molar-refractivity contribution is 6.30. The van der Waals surface area contributed by atoms with Crippen LogP contribution < -0.4 is 10.7 Å². The average Bonchev–Trinajstić information content (AvgIpc) is 2.55. The van der Waals surface area contributed by atoms with Crippen molar-refractivity contribution >= 4 is 22.6 Å². The highest BCUT2D eigenvalue weighted by Crippen LogP contribution is 2.23. The van der Waals surface area contributed by atoms with Gasteiger partial charge in [0.1, 0.15) is 5.65 Å². The molecular weight excluding hydrogens is 298 g/mol. The molecule has 0 fully saturated rings. The van der Waals surface area contributed by atoms with Crippen molar-refractivity contribution in [3.8, 4) is 11.3 Å². The van der Waals surface area contributed by atoms with Crippen LogP contribution in [0.15, 0.2) is 41.2 Å². The van der Waals surface area contributed by atoms with Crippen LogP contribution in [0.3, 0.4) is 0 Å². The number of benzene rings is 1. The molecule has 0 radical (unpaired) electrons. The molecule has 3 aromatic rings. The van der Waals surface area contributed by atoms with E-state index in [0.29, 0.717) is 22.6 Å². The molecule has 2 N–H and O–H groups in total. The molecule has 2 aromatic heterocycles. The zero-order chi connectivity index (χ0) is 15.1. The number of fused-ring (bicyclic) bond motifs is 2. The second kappa shape index (κ2) is 5.23. The van der Waals surface area contributed by atoms with Crippen LogP contribution in [0.1, 0.15) is 11.3 Å². The zero-order valence-corrected chi connectivity index (χ0v) is 12.6. The smallest absolute Gasteiger partial charge is 0.195 e. The van der Waals surface area contributed by atoms with Gasteiger partial charge in [0, 0.05) is 41.4 Å². The molecule has 0 aliphatic carbocycles. The lowest BCUT2D eigenvalue weighted by Gasteiger charge is -2.17. The van der Waals surface area contributed by atoms with Crippen LogP contribution in [0.2, 0.25) is 5.02 Å². The van der Waals surface area contributed by atoms with Crippen molar-refractivity contribution in [2.45, 2.75) is 13.0 Å². The third-order valence-electron chi connectivity index (χ3n) is 4.02. The zero-order valence-electron chi connectivity index (χ0n) is 11.8. The van der Waals surface area contributed by atoms with E-state index in [9.17, 15) is 4.79 Å². The molecule has 0 saturated heterocycles. The Morgan fingerprint density at radius 1 is 1.18 bits per heavy atom. The standard InChI is InChI=1S/C17H14ClN3O/c18-11-3-1-2-10(8-11)14-5-4-12-16(22)13-9-19-7-6-15(13)21-17(12)20-14/h1-5,8,19H,6-7,9H2,(H,20,21,22). The van der Waals surface area contributed by atoms with Gasteiger partial charge in [-0.25, -0.2) is 4.98 Å². The van der Waals surface area contributed by atoms with E-state index in [4.69, 9.17) is 11.6 Å². The highest BCUT2D eigenvalue weighted by atomic mass is 35.5. The topological polar surface area (TPSA) is 57.8 Å². The number of hydrogen-bond acceptors (Lipinski definition) is 3. The minimum atomic E-state index is 0.0705. The molecular formula is C17H14ClN3O. The Morgan fingerprint density at radius 3 is 2.95 bits per heavy atom. The van der Waals surface area contributed by atoms with Gasteiger partial charge in [-0.15, -0.1) is 0 Å². The van der Waals surface area contributed by atoms with Crippen LogP contribution in [0, 0.1) is 0 Å². The van der Waals surface area contributed by atoms with E-state index >= 15 is 0 Å². The molecule has 0 atom stereocenters. The maximum atomic E-state index is 12.6. The Kier molecular flexibility index (Phi) is 3.21. The fraction of sp³-hybridized carbons (Fsp3) is 0.176. The second-order valence-corrected chi connectivity index (χ2v) is 5.88. The molecule has 1 aliphatic rings. The molecule has 0 bridgehead atoms. The summed E-state index contributed by atoms with van der Waals surface area (Å²) in [6.45, 7) is 1.50. The Bertz CT molecular complexity index is 933. The quantitative estimate of drug-likeness (QED) is 0.726. The lowest BCUT2D eigenvalue weighted by atomic mass is 10.0. The van der Waals surface area contributed by atoms with Crippen molar-refractivity contribution in [3.05, 3.63) is 62.9 Å². The first kappa shape index (κ1) is 13.5. The number of hydrogen-bond donors (Lipinski definition) is 2. The van der Waals surface area contributed by atoms with Crippen LogP contribution >= 0.6 is 11.6 Å². The number of nitrogens with zero attached hydrogens (tertiary/aromatic N) is 1. The van der Waals surface area contributed by atoms with Gasteiger partial charge in [0.05, 0.1) is 11.1 Å². The maximum absolute atomic E-state index is 12.6. The van der Waals surface area contributed by atoms with E-state index in [0.717, 1.165) is 35.5 Å². The van der Waals surface area contributed by atoms with Crippen molar-refractivity contribution in [1.29, 1.82) is 0 Å². The Labute approximate surface area is 132 Å². The van der Waals surface area contributed by atoms with E-state index in [1.54, 1.807) is 0 Å². The van der Waals surface area contributed by atoms with Gasteiger partial charge in [0.2, 0.25) is 0 Å². The minimum absolute atomic E-state index is 0.0705. The van der Waals surface area contributed by atoms with Crippen LogP contribution in [-0.2, 0) is 13.0 Å². The summed E-state index contributed by atoms with van der Waals surface area (Å²) < 4.78 is 0. The first-order chi connectivity index (χ1) is 10.7. The lowest BCUT2D eigenvalue weighted by molar-refractivity contribution is 0.629. The van der Waals surface area contributed by atoms with Crippen molar-refractivity contribution < 1.29 is 0 Å². The maximum Gasteiger partial charge on any atom is 0.195 e. The first-order valence-electron chi connectivity index (χ1n) is 7.24. The summed E-state index contributed by atoms with van der Waals surface area (Å²) in [5, 5.41) is 4.54. The van der Waals surface area contributed by atoms with Crippen LogP contribution in [0.25, 0.3) is 22.3 Å². The molecule has 0 saturated carbocycles. The predicted molar refractivity (Wildman–Crippen MR) is 88.2 cm³/mol. The van der Waals surface area contributed by atoms with Crippen molar-refractivity contribution in [2.24, 2.45) is 0 Å². The average molecular weight is 312 g/mol. The van der Waals surface area contributed by atoms with Gasteiger partial charge in [-0.05, 0) is 24.3 Å². The summed E-state index contributed by atoms with van der Waals surface area (Å²) in [5.74, 6) is 0. The molecule has 4 rings (SSSR count). The van der Waals surface area contributed by atoms with Gasteiger partial charge in [-0.3, -0.25) is 4.79 Å². The monoisotopic (exact) mass is 311 g/mol. The number of halogens is 1. The molecule has 1 aliphatic heterocycles. The predicted octanol–water partition coefficient (Wildman–Crippen LogP) is 2.89. The fourth-order valence-corrected chi connectivity index (χ4v) is 3.08. The van der Waals surface area contributed by atoms with E-state index < -0.39 is 0 Å². The summed E-state index contributed by atoms with van der Waals surface area (Å²) in [5.41, 5.74) is 4.28. The Hall–Kier alpha value is -2.17. The molecule has 0 spiro atoms. The van der Waals surface area contributed by atoms with Gasteiger partial charge in [-0.1, -0.05) is 23.7 Å². The molecule has 3 heterocycles. The van der Waals surface area contributed by atoms with Crippen LogP contribution in [-0.4, -0.2) is 16.5 Å². The Morgan fingerprint density at radius 2 is 2.09 bits per heavy atom. The number of pyridine rings is 2. The Balaban J connectivity index is 1.93. The van der Waals surface area contributed by atoms with Gasteiger partial charge in [0.15, 0.2) is 5.43 Å². The summed E-state index contributed by atoms with van der Waals surface area (Å²) in [7, 11) is 0. The summed E-state index contributed by atoms with van der Waals surface area (Å²) in [4.78, 5) is 20.5. The third-order valence-corrected chi connectivity index (χ3v) is 4.26. The van der Waals surface area contributed by atoms with E-state index in [2.05, 4.69) is 15.3 Å². The number of rotatable bonds is 1. The van der Waals surface area contributed by atoms with E-state index in [-0.39, 0.29) is 5.43 Å². The molecule has 1 aromatic carbocycles. The molecule has 5 heteroatoms.